The van der Waals surface area contributed by atoms with Crippen molar-refractivity contribution in [1.82, 2.24) is 0 Å². The third-order valence-electron chi connectivity index (χ3n) is 6.02. The molecule has 3 N–H and O–H groups in total. The molecule has 4 heteroatoms. The van der Waals surface area contributed by atoms with Crippen LogP contribution < -0.4 is 0 Å². The van der Waals surface area contributed by atoms with E-state index in [-0.39, 0.29) is 17.3 Å². The normalized spacial score (nSPS) is 56.0. The third kappa shape index (κ3) is 1.38. The van der Waals surface area contributed by atoms with Gasteiger partial charge in [0.25, 0.3) is 0 Å². The predicted octanol–water partition coefficient (Wildman–Crippen LogP) is 1.06. The Bertz CT molecular complexity index is 432. The van der Waals surface area contributed by atoms with Crippen molar-refractivity contribution < 1.29 is 20.1 Å². The van der Waals surface area contributed by atoms with Crippen LogP contribution in [0.25, 0.3) is 0 Å². The molecule has 1 saturated heterocycles. The van der Waals surface area contributed by atoms with Crippen LogP contribution in [0.15, 0.2) is 12.2 Å². The average molecular weight is 268 g/mol. The second-order valence-electron chi connectivity index (χ2n) is 7.45. The van der Waals surface area contributed by atoms with E-state index in [1.165, 1.54) is 0 Å². The van der Waals surface area contributed by atoms with Gasteiger partial charge in [-0.15, -0.1) is 0 Å². The Labute approximate surface area is 114 Å². The highest BCUT2D eigenvalue weighted by Crippen LogP contribution is 2.64. The second-order valence-corrected chi connectivity index (χ2v) is 7.45. The van der Waals surface area contributed by atoms with Gasteiger partial charge < -0.3 is 20.1 Å². The molecule has 0 aromatic rings. The van der Waals surface area contributed by atoms with Gasteiger partial charge in [0.05, 0.1) is 24.2 Å². The zero-order valence-corrected chi connectivity index (χ0v) is 11.9. The lowest BCUT2D eigenvalue weighted by molar-refractivity contribution is -0.225. The Balaban J connectivity index is 2.09. The summed E-state index contributed by atoms with van der Waals surface area (Å²) in [7, 11) is 0. The fourth-order valence-corrected chi connectivity index (χ4v) is 4.63. The molecular formula is C15H24O4. The molecular weight excluding hydrogens is 244 g/mol. The van der Waals surface area contributed by atoms with Crippen LogP contribution in [0.1, 0.15) is 33.6 Å². The quantitative estimate of drug-likeness (QED) is 0.574. The van der Waals surface area contributed by atoms with E-state index in [2.05, 4.69) is 20.4 Å². The first-order valence-corrected chi connectivity index (χ1v) is 7.07. The van der Waals surface area contributed by atoms with Crippen molar-refractivity contribution in [3.05, 3.63) is 12.2 Å². The molecule has 0 amide bonds. The van der Waals surface area contributed by atoms with Gasteiger partial charge in [-0.05, 0) is 35.7 Å². The maximum absolute atomic E-state index is 10.9. The molecule has 2 saturated carbocycles. The van der Waals surface area contributed by atoms with E-state index >= 15 is 0 Å². The summed E-state index contributed by atoms with van der Waals surface area (Å²) < 4.78 is 5.56. The van der Waals surface area contributed by atoms with E-state index in [1.54, 1.807) is 6.92 Å². The summed E-state index contributed by atoms with van der Waals surface area (Å²) in [6.07, 6.45) is -0.444. The zero-order valence-electron chi connectivity index (χ0n) is 11.9. The Kier molecular flexibility index (Phi) is 2.58. The van der Waals surface area contributed by atoms with Gasteiger partial charge in [0.1, 0.15) is 0 Å². The highest BCUT2D eigenvalue weighted by Gasteiger charge is 2.68. The molecule has 0 aromatic carbocycles. The van der Waals surface area contributed by atoms with Gasteiger partial charge in [-0.1, -0.05) is 27.4 Å². The van der Waals surface area contributed by atoms with Crippen LogP contribution in [0.3, 0.4) is 0 Å². The van der Waals surface area contributed by atoms with Gasteiger partial charge in [0, 0.05) is 0 Å². The van der Waals surface area contributed by atoms with Crippen molar-refractivity contribution in [1.29, 1.82) is 0 Å². The van der Waals surface area contributed by atoms with Crippen LogP contribution in [0.4, 0.5) is 0 Å². The first-order valence-electron chi connectivity index (χ1n) is 7.07. The summed E-state index contributed by atoms with van der Waals surface area (Å²) in [6.45, 7) is 10.4. The molecule has 108 valence electrons. The van der Waals surface area contributed by atoms with Gasteiger partial charge in [0.15, 0.2) is 5.79 Å². The summed E-state index contributed by atoms with van der Waals surface area (Å²) >= 11 is 0. The molecule has 0 unspecified atom stereocenters. The number of fused-ring (bicyclic) bond motifs is 2. The summed E-state index contributed by atoms with van der Waals surface area (Å²) in [5, 5.41) is 32.1. The largest absolute Gasteiger partial charge is 0.390 e. The summed E-state index contributed by atoms with van der Waals surface area (Å²) in [5.74, 6) is -1.56. The van der Waals surface area contributed by atoms with Crippen LogP contribution in [0.5, 0.6) is 0 Å². The molecule has 0 radical (unpaired) electrons. The van der Waals surface area contributed by atoms with E-state index < -0.39 is 23.4 Å². The molecule has 1 aliphatic heterocycles. The Morgan fingerprint density at radius 1 is 1.26 bits per heavy atom. The first-order chi connectivity index (χ1) is 8.65. The van der Waals surface area contributed by atoms with Crippen molar-refractivity contribution in [2.75, 3.05) is 6.61 Å². The molecule has 0 aromatic heterocycles. The van der Waals surface area contributed by atoms with E-state index in [9.17, 15) is 15.3 Å². The lowest BCUT2D eigenvalue weighted by Gasteiger charge is -2.54. The first kappa shape index (κ1) is 13.6. The summed E-state index contributed by atoms with van der Waals surface area (Å²) in [5.41, 5.74) is -0.288. The fraction of sp³-hybridized carbons (Fsp3) is 0.867. The molecule has 1 heterocycles. The molecule has 19 heavy (non-hydrogen) atoms. The van der Waals surface area contributed by atoms with Crippen LogP contribution in [0.2, 0.25) is 0 Å². The van der Waals surface area contributed by atoms with Gasteiger partial charge >= 0.3 is 0 Å². The van der Waals surface area contributed by atoms with Crippen LogP contribution in [-0.4, -0.2) is 39.9 Å². The molecule has 3 aliphatic rings. The zero-order chi connectivity index (χ0) is 14.2. The maximum Gasteiger partial charge on any atom is 0.196 e. The fourth-order valence-electron chi connectivity index (χ4n) is 4.63. The SMILES string of the molecule is C=C1[C@H]2CC(C)(C)[C@H]2[C@H](O)[C@H](O)[C@]2(C)CCO[C@@]12O. The smallest absolute Gasteiger partial charge is 0.196 e. The van der Waals surface area contributed by atoms with Crippen molar-refractivity contribution in [3.8, 4) is 0 Å². The molecule has 0 spiro atoms. The number of hydrogen-bond donors (Lipinski definition) is 3. The standard InChI is InChI=1S/C15H24O4/c1-8-9-7-13(2,3)10(9)11(16)12(17)14(4)5-6-19-15(8,14)18/h9-12,16-18H,1,5-7H2,2-4H3/t9-,10-,11+,12+,14+,15+/m1/s1. The van der Waals surface area contributed by atoms with Gasteiger partial charge in [0.2, 0.25) is 0 Å². The van der Waals surface area contributed by atoms with Crippen LogP contribution >= 0.6 is 0 Å². The number of rotatable bonds is 0. The molecule has 3 rings (SSSR count). The molecule has 6 atom stereocenters. The highest BCUT2D eigenvalue weighted by molar-refractivity contribution is 5.29. The van der Waals surface area contributed by atoms with Gasteiger partial charge in [-0.25, -0.2) is 0 Å². The summed E-state index contributed by atoms with van der Waals surface area (Å²) in [4.78, 5) is 0. The minimum Gasteiger partial charge on any atom is -0.390 e. The molecule has 0 bridgehead atoms. The lowest BCUT2D eigenvalue weighted by atomic mass is 9.52. The number of ether oxygens (including phenoxy) is 1. The lowest BCUT2D eigenvalue weighted by Crippen LogP contribution is -2.55. The molecule has 2 aliphatic carbocycles. The topological polar surface area (TPSA) is 69.9 Å². The van der Waals surface area contributed by atoms with Gasteiger partial charge in [-0.3, -0.25) is 0 Å². The number of aliphatic hydroxyl groups is 3. The second kappa shape index (κ2) is 3.61. The van der Waals surface area contributed by atoms with E-state index in [0.29, 0.717) is 18.6 Å². The monoisotopic (exact) mass is 268 g/mol. The summed E-state index contributed by atoms with van der Waals surface area (Å²) in [6, 6.07) is 0. The van der Waals surface area contributed by atoms with Crippen LogP contribution in [0, 0.1) is 22.7 Å². The number of hydrogen-bond acceptors (Lipinski definition) is 4. The maximum atomic E-state index is 10.9. The van der Waals surface area contributed by atoms with Crippen LogP contribution in [-0.2, 0) is 4.74 Å². The third-order valence-corrected chi connectivity index (χ3v) is 6.02. The Morgan fingerprint density at radius 2 is 1.89 bits per heavy atom. The highest BCUT2D eigenvalue weighted by atomic mass is 16.6. The average Bonchev–Trinajstić information content (AvgIpc) is 2.61. The Morgan fingerprint density at radius 3 is 2.47 bits per heavy atom. The predicted molar refractivity (Wildman–Crippen MR) is 70.2 cm³/mol. The van der Waals surface area contributed by atoms with Crippen molar-refractivity contribution >= 4 is 0 Å². The Hall–Kier alpha value is -0.420. The minimum absolute atomic E-state index is 0.0181. The minimum atomic E-state index is -1.51. The molecule has 4 nitrogen and oxygen atoms in total. The number of aliphatic hydroxyl groups excluding tert-OH is 2. The van der Waals surface area contributed by atoms with Gasteiger partial charge in [-0.2, -0.15) is 0 Å². The van der Waals surface area contributed by atoms with Crippen molar-refractivity contribution in [3.63, 3.8) is 0 Å². The van der Waals surface area contributed by atoms with E-state index in [1.807, 2.05) is 0 Å². The van der Waals surface area contributed by atoms with Crippen molar-refractivity contribution in [2.45, 2.75) is 51.6 Å². The van der Waals surface area contributed by atoms with Crippen molar-refractivity contribution in [2.24, 2.45) is 22.7 Å². The van der Waals surface area contributed by atoms with E-state index in [4.69, 9.17) is 4.74 Å². The molecule has 3 fully saturated rings. The van der Waals surface area contributed by atoms with E-state index in [0.717, 1.165) is 6.42 Å².